The van der Waals surface area contributed by atoms with Crippen LogP contribution >= 0.6 is 0 Å². The Morgan fingerprint density at radius 2 is 1.59 bits per heavy atom. The van der Waals surface area contributed by atoms with Crippen LogP contribution in [0, 0.1) is 0 Å². The molecule has 0 spiro atoms. The van der Waals surface area contributed by atoms with Gasteiger partial charge in [0.1, 0.15) is 18.0 Å². The fourth-order valence-electron chi connectivity index (χ4n) is 4.16. The Kier molecular flexibility index (Phi) is 8.98. The number of amides is 1. The summed E-state index contributed by atoms with van der Waals surface area (Å²) in [5.41, 5.74) is 2.85. The van der Waals surface area contributed by atoms with Gasteiger partial charge in [0.05, 0.1) is 11.9 Å². The van der Waals surface area contributed by atoms with Gasteiger partial charge in [-0.15, -0.1) is 5.10 Å². The van der Waals surface area contributed by atoms with Crippen molar-refractivity contribution in [2.24, 2.45) is 0 Å². The highest BCUT2D eigenvalue weighted by atomic mass is 16.6. The van der Waals surface area contributed by atoms with E-state index in [1.165, 1.54) is 6.20 Å². The topological polar surface area (TPSA) is 117 Å². The standard InChI is InChI=1S/C29H35N5O5/c1-29(2,3)39-28(37)34-16-14-33(15-17-34)18-19-38-24-10-6-22(7-11-24)20-21-4-8-23(9-5-21)31-25-12-13-30-32-26(25)27(35)36/h4-13H,14-20H2,1-3H3,(H,30,31)(H,35,36). The van der Waals surface area contributed by atoms with Crippen LogP contribution in [0.4, 0.5) is 16.2 Å². The van der Waals surface area contributed by atoms with Crippen molar-refractivity contribution in [3.05, 3.63) is 77.6 Å². The van der Waals surface area contributed by atoms with Crippen LogP contribution in [0.25, 0.3) is 0 Å². The van der Waals surface area contributed by atoms with Gasteiger partial charge in [-0.05, 0) is 68.7 Å². The Morgan fingerprint density at radius 1 is 0.949 bits per heavy atom. The van der Waals surface area contributed by atoms with E-state index in [4.69, 9.17) is 9.47 Å². The molecular formula is C29H35N5O5. The van der Waals surface area contributed by atoms with Crippen LogP contribution in [0.2, 0.25) is 0 Å². The number of hydrogen-bond acceptors (Lipinski definition) is 8. The quantitative estimate of drug-likeness (QED) is 0.412. The number of carboxylic acid groups (broad SMARTS) is 1. The molecule has 1 fully saturated rings. The molecule has 1 aliphatic heterocycles. The summed E-state index contributed by atoms with van der Waals surface area (Å²) in [6, 6.07) is 17.5. The molecule has 0 bridgehead atoms. The van der Waals surface area contributed by atoms with Crippen LogP contribution in [0.3, 0.4) is 0 Å². The van der Waals surface area contributed by atoms with Gasteiger partial charge in [0.2, 0.25) is 0 Å². The lowest BCUT2D eigenvalue weighted by Gasteiger charge is -2.35. The number of carboxylic acids is 1. The van der Waals surface area contributed by atoms with Crippen LogP contribution < -0.4 is 10.1 Å². The van der Waals surface area contributed by atoms with Gasteiger partial charge in [-0.25, -0.2) is 9.59 Å². The van der Waals surface area contributed by atoms with Crippen LogP contribution in [0.15, 0.2) is 60.8 Å². The second-order valence-corrected chi connectivity index (χ2v) is 10.4. The SMILES string of the molecule is CC(C)(C)OC(=O)N1CCN(CCOc2ccc(Cc3ccc(Nc4ccnnc4C(=O)O)cc3)cc2)CC1. The van der Waals surface area contributed by atoms with Crippen molar-refractivity contribution in [3.8, 4) is 5.75 Å². The van der Waals surface area contributed by atoms with Gasteiger partial charge in [0.25, 0.3) is 0 Å². The van der Waals surface area contributed by atoms with Crippen LogP contribution in [-0.4, -0.2) is 82.1 Å². The molecule has 4 rings (SSSR count). The summed E-state index contributed by atoms with van der Waals surface area (Å²) in [6.07, 6.45) is 1.97. The van der Waals surface area contributed by atoms with Crippen molar-refractivity contribution in [1.29, 1.82) is 0 Å². The molecule has 3 aromatic rings. The van der Waals surface area contributed by atoms with E-state index in [-0.39, 0.29) is 11.8 Å². The first-order chi connectivity index (χ1) is 18.7. The highest BCUT2D eigenvalue weighted by molar-refractivity contribution is 5.92. The molecule has 206 valence electrons. The first kappa shape index (κ1) is 27.8. The number of hydrogen-bond donors (Lipinski definition) is 2. The molecule has 1 amide bonds. The lowest BCUT2D eigenvalue weighted by Crippen LogP contribution is -2.50. The smallest absolute Gasteiger partial charge is 0.410 e. The summed E-state index contributed by atoms with van der Waals surface area (Å²) in [5, 5.41) is 19.7. The number of anilines is 2. The van der Waals surface area contributed by atoms with Crippen LogP contribution in [0.1, 0.15) is 42.4 Å². The molecule has 1 aromatic heterocycles. The molecule has 0 atom stereocenters. The predicted octanol–water partition coefficient (Wildman–Crippen LogP) is 4.44. The van der Waals surface area contributed by atoms with E-state index in [9.17, 15) is 14.7 Å². The van der Waals surface area contributed by atoms with E-state index < -0.39 is 11.6 Å². The molecule has 0 aliphatic carbocycles. The fraction of sp³-hybridized carbons (Fsp3) is 0.379. The maximum atomic E-state index is 12.2. The van der Waals surface area contributed by atoms with E-state index in [1.807, 2.05) is 57.2 Å². The minimum Gasteiger partial charge on any atom is -0.492 e. The highest BCUT2D eigenvalue weighted by Gasteiger charge is 2.25. The number of ether oxygens (including phenoxy) is 2. The third-order valence-corrected chi connectivity index (χ3v) is 6.19. The molecule has 2 N–H and O–H groups in total. The zero-order chi connectivity index (χ0) is 27.8. The van der Waals surface area contributed by atoms with Crippen LogP contribution in [-0.2, 0) is 11.2 Å². The summed E-state index contributed by atoms with van der Waals surface area (Å²) in [5.74, 6) is -0.307. The van der Waals surface area contributed by atoms with E-state index in [1.54, 1.807) is 11.0 Å². The number of benzene rings is 2. The Hall–Kier alpha value is -4.18. The molecule has 1 saturated heterocycles. The Bertz CT molecular complexity index is 1250. The number of nitrogens with zero attached hydrogens (tertiary/aromatic N) is 4. The summed E-state index contributed by atoms with van der Waals surface area (Å²) in [6.45, 7) is 9.94. The zero-order valence-corrected chi connectivity index (χ0v) is 22.6. The molecular weight excluding hydrogens is 498 g/mol. The van der Waals surface area contributed by atoms with Crippen molar-refractivity contribution < 1.29 is 24.2 Å². The van der Waals surface area contributed by atoms with Crippen LogP contribution in [0.5, 0.6) is 5.75 Å². The number of piperazine rings is 1. The number of rotatable bonds is 9. The van der Waals surface area contributed by atoms with Gasteiger partial charge in [0, 0.05) is 38.4 Å². The summed E-state index contributed by atoms with van der Waals surface area (Å²) >= 11 is 0. The first-order valence-corrected chi connectivity index (χ1v) is 13.0. The van der Waals surface area contributed by atoms with Gasteiger partial charge in [0.15, 0.2) is 5.69 Å². The predicted molar refractivity (Wildman–Crippen MR) is 148 cm³/mol. The molecule has 39 heavy (non-hydrogen) atoms. The van der Waals surface area contributed by atoms with Crippen molar-refractivity contribution in [3.63, 3.8) is 0 Å². The molecule has 10 heteroatoms. The van der Waals surface area contributed by atoms with Crippen molar-refractivity contribution in [2.75, 3.05) is 44.6 Å². The lowest BCUT2D eigenvalue weighted by atomic mass is 10.0. The second-order valence-electron chi connectivity index (χ2n) is 10.4. The van der Waals surface area contributed by atoms with Crippen molar-refractivity contribution >= 4 is 23.4 Å². The maximum absolute atomic E-state index is 12.2. The summed E-state index contributed by atoms with van der Waals surface area (Å²) in [4.78, 5) is 27.6. The van der Waals surface area contributed by atoms with E-state index >= 15 is 0 Å². The maximum Gasteiger partial charge on any atom is 0.410 e. The van der Waals surface area contributed by atoms with E-state index in [0.29, 0.717) is 25.4 Å². The van der Waals surface area contributed by atoms with E-state index in [0.717, 1.165) is 48.6 Å². The second kappa shape index (κ2) is 12.6. The minimum absolute atomic E-state index is 0.121. The molecule has 1 aliphatic rings. The molecule has 2 aromatic carbocycles. The van der Waals surface area contributed by atoms with Crippen molar-refractivity contribution in [1.82, 2.24) is 20.0 Å². The zero-order valence-electron chi connectivity index (χ0n) is 22.6. The Morgan fingerprint density at radius 3 is 2.21 bits per heavy atom. The van der Waals surface area contributed by atoms with Gasteiger partial charge < -0.3 is 24.8 Å². The number of aromatic nitrogens is 2. The van der Waals surface area contributed by atoms with Crippen molar-refractivity contribution in [2.45, 2.75) is 32.8 Å². The summed E-state index contributed by atoms with van der Waals surface area (Å²) in [7, 11) is 0. The number of carbonyl (C=O) groups excluding carboxylic acids is 1. The molecule has 2 heterocycles. The lowest BCUT2D eigenvalue weighted by molar-refractivity contribution is 0.0137. The van der Waals surface area contributed by atoms with Gasteiger partial charge in [-0.2, -0.15) is 5.10 Å². The summed E-state index contributed by atoms with van der Waals surface area (Å²) < 4.78 is 11.4. The van der Waals surface area contributed by atoms with Gasteiger partial charge >= 0.3 is 12.1 Å². The van der Waals surface area contributed by atoms with E-state index in [2.05, 4.69) is 32.5 Å². The number of carbonyl (C=O) groups is 2. The number of aromatic carboxylic acids is 1. The third-order valence-electron chi connectivity index (χ3n) is 6.19. The largest absolute Gasteiger partial charge is 0.492 e. The van der Waals surface area contributed by atoms with Gasteiger partial charge in [-0.1, -0.05) is 24.3 Å². The third kappa shape index (κ3) is 8.41. The number of nitrogens with one attached hydrogen (secondary N) is 1. The molecule has 0 unspecified atom stereocenters. The first-order valence-electron chi connectivity index (χ1n) is 13.0. The normalized spacial score (nSPS) is 14.1. The highest BCUT2D eigenvalue weighted by Crippen LogP contribution is 2.21. The van der Waals surface area contributed by atoms with Gasteiger partial charge in [-0.3, -0.25) is 4.90 Å². The average Bonchev–Trinajstić information content (AvgIpc) is 2.90. The average molecular weight is 534 g/mol. The molecule has 0 saturated carbocycles. The molecule has 10 nitrogen and oxygen atoms in total. The molecule has 0 radical (unpaired) electrons. The minimum atomic E-state index is -1.13. The monoisotopic (exact) mass is 533 g/mol. The Balaban J connectivity index is 1.19. The Labute approximate surface area is 228 Å². The fourth-order valence-corrected chi connectivity index (χ4v) is 4.16.